The van der Waals surface area contributed by atoms with Crippen LogP contribution in [0.25, 0.3) is 11.3 Å². The molecule has 2 amide bonds. The molecule has 9 nitrogen and oxygen atoms in total. The lowest BCUT2D eigenvalue weighted by Gasteiger charge is -2.24. The number of amides is 2. The highest BCUT2D eigenvalue weighted by Gasteiger charge is 2.34. The number of primary amides is 1. The van der Waals surface area contributed by atoms with Crippen molar-refractivity contribution < 1.29 is 19.1 Å². The number of nitrogen functional groups attached to an aromatic ring is 1. The number of hydrogen-bond donors (Lipinski definition) is 2. The molecule has 0 spiro atoms. The van der Waals surface area contributed by atoms with Crippen molar-refractivity contribution in [2.45, 2.75) is 38.8 Å². The van der Waals surface area contributed by atoms with Gasteiger partial charge in [-0.3, -0.25) is 4.79 Å². The van der Waals surface area contributed by atoms with Crippen LogP contribution in [0.2, 0.25) is 0 Å². The Bertz CT molecular complexity index is 1180. The fraction of sp³-hybridized carbons (Fsp3) is 0.320. The molecule has 1 aliphatic rings. The third-order valence-electron chi connectivity index (χ3n) is 5.46. The SMILES string of the molecule is CC(C)(C)OC(=O)N1CC[C@@H](n2nc(-c3ccc(Oc4ccccc4)cc3)c(C(N)=O)c2N)C1. The number of para-hydroxylation sites is 1. The topological polar surface area (TPSA) is 126 Å². The summed E-state index contributed by atoms with van der Waals surface area (Å²) in [4.78, 5) is 26.3. The van der Waals surface area contributed by atoms with Crippen molar-refractivity contribution in [1.29, 1.82) is 0 Å². The lowest BCUT2D eigenvalue weighted by atomic mass is 10.1. The molecule has 1 saturated heterocycles. The molecule has 1 aromatic heterocycles. The number of benzene rings is 2. The predicted molar refractivity (Wildman–Crippen MR) is 129 cm³/mol. The zero-order valence-corrected chi connectivity index (χ0v) is 19.5. The quantitative estimate of drug-likeness (QED) is 0.584. The zero-order chi connectivity index (χ0) is 24.5. The van der Waals surface area contributed by atoms with E-state index < -0.39 is 11.5 Å². The van der Waals surface area contributed by atoms with Gasteiger partial charge in [-0.05, 0) is 63.6 Å². The molecule has 2 heterocycles. The van der Waals surface area contributed by atoms with E-state index >= 15 is 0 Å². The minimum atomic E-state index is -0.662. The van der Waals surface area contributed by atoms with Gasteiger partial charge in [0.05, 0.1) is 6.04 Å². The number of nitrogens with zero attached hydrogens (tertiary/aromatic N) is 3. The first-order chi connectivity index (χ1) is 16.1. The lowest BCUT2D eigenvalue weighted by molar-refractivity contribution is 0.0288. The molecular formula is C25H29N5O4. The Morgan fingerprint density at radius 2 is 1.68 bits per heavy atom. The van der Waals surface area contributed by atoms with Crippen molar-refractivity contribution in [3.05, 3.63) is 60.2 Å². The minimum absolute atomic E-state index is 0.160. The number of carbonyl (C=O) groups is 2. The second-order valence-corrected chi connectivity index (χ2v) is 9.23. The van der Waals surface area contributed by atoms with Gasteiger partial charge in [-0.2, -0.15) is 5.10 Å². The Morgan fingerprint density at radius 1 is 1.03 bits per heavy atom. The number of hydrogen-bond acceptors (Lipinski definition) is 6. The second-order valence-electron chi connectivity index (χ2n) is 9.23. The van der Waals surface area contributed by atoms with E-state index in [0.717, 1.165) is 5.75 Å². The summed E-state index contributed by atoms with van der Waals surface area (Å²) in [5, 5.41) is 4.64. The third kappa shape index (κ3) is 4.98. The van der Waals surface area contributed by atoms with Crippen LogP contribution in [-0.2, 0) is 4.74 Å². The molecule has 9 heteroatoms. The highest BCUT2D eigenvalue weighted by molar-refractivity contribution is 6.03. The van der Waals surface area contributed by atoms with Crippen LogP contribution in [0.1, 0.15) is 43.6 Å². The maximum Gasteiger partial charge on any atom is 0.410 e. The van der Waals surface area contributed by atoms with Crippen LogP contribution in [0, 0.1) is 0 Å². The molecule has 1 atom stereocenters. The third-order valence-corrected chi connectivity index (χ3v) is 5.46. The molecule has 0 aliphatic carbocycles. The molecule has 4 N–H and O–H groups in total. The molecule has 178 valence electrons. The molecule has 0 bridgehead atoms. The lowest BCUT2D eigenvalue weighted by Crippen LogP contribution is -2.35. The van der Waals surface area contributed by atoms with Crippen LogP contribution in [-0.4, -0.2) is 45.4 Å². The van der Waals surface area contributed by atoms with E-state index in [4.69, 9.17) is 20.9 Å². The van der Waals surface area contributed by atoms with Crippen molar-refractivity contribution >= 4 is 17.8 Å². The fourth-order valence-electron chi connectivity index (χ4n) is 3.91. The van der Waals surface area contributed by atoms with Crippen LogP contribution in [0.4, 0.5) is 10.6 Å². The van der Waals surface area contributed by atoms with Gasteiger partial charge in [0.25, 0.3) is 5.91 Å². The van der Waals surface area contributed by atoms with Gasteiger partial charge >= 0.3 is 6.09 Å². The summed E-state index contributed by atoms with van der Waals surface area (Å²) >= 11 is 0. The Hall–Kier alpha value is -4.01. The fourth-order valence-corrected chi connectivity index (χ4v) is 3.91. The minimum Gasteiger partial charge on any atom is -0.457 e. The number of ether oxygens (including phenoxy) is 2. The average molecular weight is 464 g/mol. The van der Waals surface area contributed by atoms with Crippen molar-refractivity contribution in [1.82, 2.24) is 14.7 Å². The Balaban J connectivity index is 1.57. The molecular weight excluding hydrogens is 434 g/mol. The number of nitrogens with two attached hydrogens (primary N) is 2. The smallest absolute Gasteiger partial charge is 0.410 e. The highest BCUT2D eigenvalue weighted by atomic mass is 16.6. The van der Waals surface area contributed by atoms with Gasteiger partial charge in [0, 0.05) is 18.7 Å². The first-order valence-electron chi connectivity index (χ1n) is 11.1. The normalized spacial score (nSPS) is 15.9. The summed E-state index contributed by atoms with van der Waals surface area (Å²) in [6.07, 6.45) is 0.247. The van der Waals surface area contributed by atoms with E-state index in [9.17, 15) is 9.59 Å². The molecule has 0 saturated carbocycles. The summed E-state index contributed by atoms with van der Waals surface area (Å²) in [5.41, 5.74) is 12.6. The van der Waals surface area contributed by atoms with Gasteiger partial charge in [-0.1, -0.05) is 18.2 Å². The first kappa shape index (κ1) is 23.2. The summed E-state index contributed by atoms with van der Waals surface area (Å²) in [7, 11) is 0. The van der Waals surface area contributed by atoms with Gasteiger partial charge in [0.1, 0.15) is 34.2 Å². The number of likely N-dealkylation sites (tertiary alicyclic amines) is 1. The van der Waals surface area contributed by atoms with Crippen LogP contribution in [0.3, 0.4) is 0 Å². The number of rotatable bonds is 5. The van der Waals surface area contributed by atoms with Gasteiger partial charge in [0.2, 0.25) is 0 Å². The van der Waals surface area contributed by atoms with Gasteiger partial charge in [0.15, 0.2) is 0 Å². The molecule has 1 aliphatic heterocycles. The molecule has 4 rings (SSSR count). The summed E-state index contributed by atoms with van der Waals surface area (Å²) in [6, 6.07) is 16.4. The number of carbonyl (C=O) groups excluding carboxylic acids is 2. The molecule has 3 aromatic rings. The van der Waals surface area contributed by atoms with Gasteiger partial charge < -0.3 is 25.8 Å². The van der Waals surface area contributed by atoms with Crippen molar-refractivity contribution in [3.63, 3.8) is 0 Å². The molecule has 0 unspecified atom stereocenters. The highest BCUT2D eigenvalue weighted by Crippen LogP contribution is 2.33. The Kier molecular flexibility index (Phi) is 6.19. The Morgan fingerprint density at radius 3 is 2.29 bits per heavy atom. The number of anilines is 1. The maximum atomic E-state index is 12.4. The average Bonchev–Trinajstić information content (AvgIpc) is 3.39. The van der Waals surface area contributed by atoms with E-state index in [1.165, 1.54) is 0 Å². The Labute approximate surface area is 198 Å². The molecule has 34 heavy (non-hydrogen) atoms. The summed E-state index contributed by atoms with van der Waals surface area (Å²) in [5.74, 6) is 0.887. The van der Waals surface area contributed by atoms with Crippen molar-refractivity contribution in [2.75, 3.05) is 18.8 Å². The maximum absolute atomic E-state index is 12.4. The monoisotopic (exact) mass is 463 g/mol. The van der Waals surface area contributed by atoms with E-state index in [0.29, 0.717) is 36.5 Å². The van der Waals surface area contributed by atoms with E-state index in [-0.39, 0.29) is 23.5 Å². The summed E-state index contributed by atoms with van der Waals surface area (Å²) in [6.45, 7) is 6.36. The summed E-state index contributed by atoms with van der Waals surface area (Å²) < 4.78 is 12.9. The first-order valence-corrected chi connectivity index (χ1v) is 11.1. The second kappa shape index (κ2) is 9.09. The van der Waals surface area contributed by atoms with Crippen LogP contribution < -0.4 is 16.2 Å². The zero-order valence-electron chi connectivity index (χ0n) is 19.5. The van der Waals surface area contributed by atoms with Crippen molar-refractivity contribution in [2.24, 2.45) is 5.73 Å². The molecule has 0 radical (unpaired) electrons. The van der Waals surface area contributed by atoms with E-state index in [1.807, 2.05) is 51.1 Å². The van der Waals surface area contributed by atoms with Crippen LogP contribution >= 0.6 is 0 Å². The molecule has 2 aromatic carbocycles. The van der Waals surface area contributed by atoms with Crippen LogP contribution in [0.15, 0.2) is 54.6 Å². The number of aromatic nitrogens is 2. The van der Waals surface area contributed by atoms with Crippen LogP contribution in [0.5, 0.6) is 11.5 Å². The molecule has 1 fully saturated rings. The van der Waals surface area contributed by atoms with E-state index in [2.05, 4.69) is 5.10 Å². The predicted octanol–water partition coefficient (Wildman–Crippen LogP) is 4.21. The standard InChI is InChI=1S/C25H29N5O4/c1-25(2,3)34-24(32)29-14-13-17(15-29)30-22(26)20(23(27)31)21(28-30)16-9-11-19(12-10-16)33-18-7-5-4-6-8-18/h4-12,17H,13-15,26H2,1-3H3,(H2,27,31)/t17-/m1/s1. The van der Waals surface area contributed by atoms with E-state index in [1.54, 1.807) is 33.8 Å². The van der Waals surface area contributed by atoms with Gasteiger partial charge in [-0.25, -0.2) is 9.48 Å². The largest absolute Gasteiger partial charge is 0.457 e. The van der Waals surface area contributed by atoms with Crippen molar-refractivity contribution in [3.8, 4) is 22.8 Å². The van der Waals surface area contributed by atoms with Gasteiger partial charge in [-0.15, -0.1) is 0 Å².